The van der Waals surface area contributed by atoms with Crippen molar-refractivity contribution >= 4 is 5.91 Å². The number of carbonyl (C=O) groups is 1. The van der Waals surface area contributed by atoms with Crippen LogP contribution in [0.1, 0.15) is 22.2 Å². The third-order valence-corrected chi connectivity index (χ3v) is 2.95. The summed E-state index contributed by atoms with van der Waals surface area (Å²) >= 11 is 0. The van der Waals surface area contributed by atoms with Crippen LogP contribution in [0.4, 0.5) is 0 Å². The molecular formula is C10H11N5O2. The minimum atomic E-state index is -0.0416. The number of carbonyl (C=O) groups excluding carboxylic acids is 1. The quantitative estimate of drug-likeness (QED) is 0.744. The molecule has 1 amide bonds. The van der Waals surface area contributed by atoms with Gasteiger partial charge in [-0.15, -0.1) is 5.10 Å². The highest BCUT2D eigenvalue weighted by molar-refractivity contribution is 5.95. The van der Waals surface area contributed by atoms with Crippen molar-refractivity contribution in [3.05, 3.63) is 29.9 Å². The Morgan fingerprint density at radius 1 is 1.53 bits per heavy atom. The van der Waals surface area contributed by atoms with Gasteiger partial charge in [0, 0.05) is 19.3 Å². The van der Waals surface area contributed by atoms with E-state index in [1.807, 2.05) is 0 Å². The van der Waals surface area contributed by atoms with E-state index in [0.29, 0.717) is 24.4 Å². The van der Waals surface area contributed by atoms with E-state index in [9.17, 15) is 4.79 Å². The molecule has 2 aromatic heterocycles. The Hall–Kier alpha value is -2.18. The van der Waals surface area contributed by atoms with E-state index in [1.165, 1.54) is 6.20 Å². The molecule has 1 saturated heterocycles. The summed E-state index contributed by atoms with van der Waals surface area (Å²) in [6.45, 7) is 3.02. The van der Waals surface area contributed by atoms with Gasteiger partial charge in [0.25, 0.3) is 5.91 Å². The zero-order valence-electron chi connectivity index (χ0n) is 9.28. The second-order valence-corrected chi connectivity index (χ2v) is 4.04. The monoisotopic (exact) mass is 233 g/mol. The Labute approximate surface area is 97.0 Å². The first kappa shape index (κ1) is 10.0. The van der Waals surface area contributed by atoms with Gasteiger partial charge in [-0.2, -0.15) is 0 Å². The summed E-state index contributed by atoms with van der Waals surface area (Å²) in [5, 5.41) is 11.3. The molecule has 0 aromatic carbocycles. The predicted octanol–water partition coefficient (Wildman–Crippen LogP) is 0.272. The van der Waals surface area contributed by atoms with E-state index >= 15 is 0 Å². The maximum Gasteiger partial charge on any atom is 0.259 e. The van der Waals surface area contributed by atoms with Gasteiger partial charge in [0.15, 0.2) is 0 Å². The fourth-order valence-electron chi connectivity index (χ4n) is 1.87. The number of nitrogens with zero attached hydrogens (tertiary/aromatic N) is 5. The van der Waals surface area contributed by atoms with Crippen molar-refractivity contribution in [1.82, 2.24) is 25.1 Å². The van der Waals surface area contributed by atoms with Crippen molar-refractivity contribution < 1.29 is 9.32 Å². The van der Waals surface area contributed by atoms with Gasteiger partial charge in [-0.05, 0) is 6.92 Å². The highest BCUT2D eigenvalue weighted by Crippen LogP contribution is 2.22. The molecule has 7 nitrogen and oxygen atoms in total. The summed E-state index contributed by atoms with van der Waals surface area (Å²) in [6, 6.07) is 0.224. The SMILES string of the molecule is Cc1oncc1C(=O)N1CC(n2ccnn2)C1. The molecule has 0 bridgehead atoms. The number of aryl methyl sites for hydroxylation is 1. The first-order chi connectivity index (χ1) is 8.25. The number of hydrogen-bond donors (Lipinski definition) is 0. The van der Waals surface area contributed by atoms with Crippen molar-refractivity contribution in [3.63, 3.8) is 0 Å². The number of aromatic nitrogens is 4. The smallest absolute Gasteiger partial charge is 0.259 e. The van der Waals surface area contributed by atoms with Crippen molar-refractivity contribution in [2.45, 2.75) is 13.0 Å². The van der Waals surface area contributed by atoms with Crippen LogP contribution in [0.3, 0.4) is 0 Å². The molecule has 0 spiro atoms. The fraction of sp³-hybridized carbons (Fsp3) is 0.400. The Morgan fingerprint density at radius 2 is 2.35 bits per heavy atom. The Morgan fingerprint density at radius 3 is 2.94 bits per heavy atom. The Bertz CT molecular complexity index is 527. The minimum absolute atomic E-state index is 0.0416. The van der Waals surface area contributed by atoms with Crippen LogP contribution in [0.5, 0.6) is 0 Å². The van der Waals surface area contributed by atoms with Crippen molar-refractivity contribution in [3.8, 4) is 0 Å². The van der Waals surface area contributed by atoms with E-state index in [1.54, 1.807) is 28.9 Å². The highest BCUT2D eigenvalue weighted by atomic mass is 16.5. The molecule has 0 atom stereocenters. The van der Waals surface area contributed by atoms with Gasteiger partial charge in [0.2, 0.25) is 0 Å². The molecule has 0 unspecified atom stereocenters. The lowest BCUT2D eigenvalue weighted by Crippen LogP contribution is -2.50. The van der Waals surface area contributed by atoms with Gasteiger partial charge in [-0.25, -0.2) is 4.68 Å². The maximum atomic E-state index is 12.0. The van der Waals surface area contributed by atoms with E-state index in [4.69, 9.17) is 4.52 Å². The molecule has 2 aromatic rings. The van der Waals surface area contributed by atoms with Crippen LogP contribution < -0.4 is 0 Å². The van der Waals surface area contributed by atoms with Gasteiger partial charge in [0.05, 0.1) is 18.4 Å². The van der Waals surface area contributed by atoms with Crippen LogP contribution in [-0.2, 0) is 0 Å². The van der Waals surface area contributed by atoms with E-state index in [2.05, 4.69) is 15.5 Å². The molecule has 3 rings (SSSR count). The van der Waals surface area contributed by atoms with Crippen LogP contribution in [0.2, 0.25) is 0 Å². The Balaban J connectivity index is 1.66. The third-order valence-electron chi connectivity index (χ3n) is 2.95. The minimum Gasteiger partial charge on any atom is -0.361 e. The van der Waals surface area contributed by atoms with Gasteiger partial charge in [-0.3, -0.25) is 4.79 Å². The molecule has 1 fully saturated rings. The molecule has 88 valence electrons. The zero-order chi connectivity index (χ0) is 11.8. The summed E-state index contributed by atoms with van der Waals surface area (Å²) in [6.07, 6.45) is 4.90. The average molecular weight is 233 g/mol. The lowest BCUT2D eigenvalue weighted by molar-refractivity contribution is 0.0496. The van der Waals surface area contributed by atoms with E-state index in [-0.39, 0.29) is 11.9 Å². The second kappa shape index (κ2) is 3.69. The molecule has 1 aliphatic heterocycles. The van der Waals surface area contributed by atoms with Crippen LogP contribution in [-0.4, -0.2) is 44.0 Å². The Kier molecular flexibility index (Phi) is 2.17. The van der Waals surface area contributed by atoms with Crippen LogP contribution in [0, 0.1) is 6.92 Å². The van der Waals surface area contributed by atoms with E-state index in [0.717, 1.165) is 0 Å². The normalized spacial score (nSPS) is 15.9. The third kappa shape index (κ3) is 1.59. The first-order valence-corrected chi connectivity index (χ1v) is 5.32. The lowest BCUT2D eigenvalue weighted by Gasteiger charge is -2.38. The van der Waals surface area contributed by atoms with Gasteiger partial charge in [-0.1, -0.05) is 10.4 Å². The van der Waals surface area contributed by atoms with Crippen molar-refractivity contribution in [2.24, 2.45) is 0 Å². The van der Waals surface area contributed by atoms with Crippen LogP contribution in [0.25, 0.3) is 0 Å². The highest BCUT2D eigenvalue weighted by Gasteiger charge is 2.34. The molecule has 7 heteroatoms. The molecule has 0 aliphatic carbocycles. The lowest BCUT2D eigenvalue weighted by atomic mass is 10.1. The van der Waals surface area contributed by atoms with Crippen LogP contribution in [0.15, 0.2) is 23.1 Å². The molecule has 3 heterocycles. The summed E-state index contributed by atoms with van der Waals surface area (Å²) in [5.41, 5.74) is 0.530. The van der Waals surface area contributed by atoms with Gasteiger partial charge >= 0.3 is 0 Å². The van der Waals surface area contributed by atoms with Crippen molar-refractivity contribution in [2.75, 3.05) is 13.1 Å². The second-order valence-electron chi connectivity index (χ2n) is 4.04. The fourth-order valence-corrected chi connectivity index (χ4v) is 1.87. The predicted molar refractivity (Wildman–Crippen MR) is 56.2 cm³/mol. The molecule has 17 heavy (non-hydrogen) atoms. The molecule has 0 radical (unpaired) electrons. The number of rotatable bonds is 2. The van der Waals surface area contributed by atoms with Crippen LogP contribution >= 0.6 is 0 Å². The summed E-state index contributed by atoms with van der Waals surface area (Å²) in [4.78, 5) is 13.7. The standard InChI is InChI=1S/C10H11N5O2/c1-7-9(4-12-17-7)10(16)14-5-8(6-14)15-3-2-11-13-15/h2-4,8H,5-6H2,1H3. The summed E-state index contributed by atoms with van der Waals surface area (Å²) in [7, 11) is 0. The number of hydrogen-bond acceptors (Lipinski definition) is 5. The summed E-state index contributed by atoms with van der Waals surface area (Å²) < 4.78 is 6.65. The number of likely N-dealkylation sites (tertiary alicyclic amines) is 1. The molecule has 0 N–H and O–H groups in total. The largest absolute Gasteiger partial charge is 0.361 e. The molecular weight excluding hydrogens is 222 g/mol. The van der Waals surface area contributed by atoms with Gasteiger partial charge < -0.3 is 9.42 Å². The molecule has 0 saturated carbocycles. The topological polar surface area (TPSA) is 77.0 Å². The molecule has 1 aliphatic rings. The van der Waals surface area contributed by atoms with Gasteiger partial charge in [0.1, 0.15) is 11.3 Å². The summed E-state index contributed by atoms with van der Waals surface area (Å²) in [5.74, 6) is 0.513. The zero-order valence-corrected chi connectivity index (χ0v) is 9.28. The van der Waals surface area contributed by atoms with E-state index < -0.39 is 0 Å². The first-order valence-electron chi connectivity index (χ1n) is 5.32. The average Bonchev–Trinajstić information content (AvgIpc) is 2.86. The number of amides is 1. The maximum absolute atomic E-state index is 12.0. The van der Waals surface area contributed by atoms with Crippen molar-refractivity contribution in [1.29, 1.82) is 0 Å².